The Labute approximate surface area is 242 Å². The quantitative estimate of drug-likeness (QED) is 0.104. The average Bonchev–Trinajstić information content (AvgIpc) is 3.48. The minimum Gasteiger partial charge on any atom is -0.507 e. The van der Waals surface area contributed by atoms with Crippen molar-refractivity contribution in [1.29, 1.82) is 0 Å². The number of methoxy groups -OCH3 is 2. The molecule has 1 fully saturated rings. The minimum atomic E-state index is -1.08. The van der Waals surface area contributed by atoms with Crippen LogP contribution in [0.5, 0.6) is 17.2 Å². The van der Waals surface area contributed by atoms with Gasteiger partial charge in [-0.3, -0.25) is 14.5 Å². The second kappa shape index (κ2) is 12.9. The number of thiazole rings is 1. The van der Waals surface area contributed by atoms with Gasteiger partial charge < -0.3 is 24.1 Å². The van der Waals surface area contributed by atoms with Crippen molar-refractivity contribution >= 4 is 39.9 Å². The van der Waals surface area contributed by atoms with Crippen LogP contribution in [0.1, 0.15) is 59.2 Å². The zero-order chi connectivity index (χ0) is 29.7. The molecule has 2 aromatic carbocycles. The number of hydrogen-bond donors (Lipinski definition) is 1. The molecule has 3 aromatic rings. The second-order valence-corrected chi connectivity index (χ2v) is 10.1. The Hall–Kier alpha value is -4.38. The van der Waals surface area contributed by atoms with E-state index in [9.17, 15) is 19.5 Å². The smallest absolute Gasteiger partial charge is 0.350 e. The molecule has 1 aromatic heterocycles. The van der Waals surface area contributed by atoms with Crippen LogP contribution in [0.4, 0.5) is 5.13 Å². The summed E-state index contributed by atoms with van der Waals surface area (Å²) in [6, 6.07) is 10.6. The maximum atomic E-state index is 13.6. The van der Waals surface area contributed by atoms with Crippen LogP contribution in [0.3, 0.4) is 0 Å². The van der Waals surface area contributed by atoms with Crippen molar-refractivity contribution in [2.75, 3.05) is 32.3 Å². The van der Waals surface area contributed by atoms with Crippen LogP contribution in [-0.2, 0) is 14.3 Å². The predicted octanol–water partition coefficient (Wildman–Crippen LogP) is 5.45. The summed E-state index contributed by atoms with van der Waals surface area (Å²) in [5.74, 6) is -1.41. The van der Waals surface area contributed by atoms with E-state index in [2.05, 4.69) is 11.9 Å². The summed E-state index contributed by atoms with van der Waals surface area (Å²) in [7, 11) is 2.97. The largest absolute Gasteiger partial charge is 0.507 e. The van der Waals surface area contributed by atoms with Crippen LogP contribution >= 0.6 is 11.3 Å². The Morgan fingerprint density at radius 1 is 1.07 bits per heavy atom. The first-order valence-corrected chi connectivity index (χ1v) is 14.0. The number of esters is 1. The van der Waals surface area contributed by atoms with Gasteiger partial charge in [-0.1, -0.05) is 42.9 Å². The molecule has 216 valence electrons. The van der Waals surface area contributed by atoms with Gasteiger partial charge in [-0.05, 0) is 50.1 Å². The van der Waals surface area contributed by atoms with Crippen molar-refractivity contribution in [3.05, 3.63) is 69.7 Å². The van der Waals surface area contributed by atoms with Crippen LogP contribution in [0.2, 0.25) is 0 Å². The summed E-state index contributed by atoms with van der Waals surface area (Å²) in [6.07, 6.45) is 1.82. The molecule has 1 aliphatic heterocycles. The number of rotatable bonds is 11. The van der Waals surface area contributed by atoms with Crippen molar-refractivity contribution in [2.45, 2.75) is 39.7 Å². The fraction of sp³-hybridized carbons (Fsp3) is 0.333. The Bertz CT molecular complexity index is 1500. The van der Waals surface area contributed by atoms with Crippen LogP contribution < -0.4 is 19.1 Å². The number of hydrogen-bond acceptors (Lipinski definition) is 10. The number of aromatic nitrogens is 1. The summed E-state index contributed by atoms with van der Waals surface area (Å²) in [6.45, 7) is 6.04. The number of ether oxygens (including phenoxy) is 4. The predicted molar refractivity (Wildman–Crippen MR) is 154 cm³/mol. The Morgan fingerprint density at radius 3 is 2.51 bits per heavy atom. The highest BCUT2D eigenvalue weighted by Crippen LogP contribution is 2.45. The van der Waals surface area contributed by atoms with Crippen molar-refractivity contribution < 1.29 is 38.4 Å². The van der Waals surface area contributed by atoms with E-state index in [1.165, 1.54) is 19.1 Å². The van der Waals surface area contributed by atoms with Crippen molar-refractivity contribution in [3.8, 4) is 17.2 Å². The van der Waals surface area contributed by atoms with Crippen molar-refractivity contribution in [1.82, 2.24) is 4.98 Å². The van der Waals surface area contributed by atoms with Gasteiger partial charge in [0.1, 0.15) is 16.4 Å². The molecule has 1 atom stereocenters. The van der Waals surface area contributed by atoms with Crippen LogP contribution in [0, 0.1) is 6.92 Å². The molecule has 1 amide bonds. The fourth-order valence-corrected chi connectivity index (χ4v) is 5.45. The minimum absolute atomic E-state index is 0.114. The number of unbranched alkanes of at least 4 members (excludes halogenated alkanes) is 1. The van der Waals surface area contributed by atoms with Crippen LogP contribution in [0.25, 0.3) is 5.76 Å². The Balaban J connectivity index is 1.89. The molecule has 2 heterocycles. The van der Waals surface area contributed by atoms with E-state index in [0.29, 0.717) is 40.7 Å². The van der Waals surface area contributed by atoms with Crippen LogP contribution in [-0.4, -0.2) is 55.2 Å². The average molecular weight is 581 g/mol. The van der Waals surface area contributed by atoms with Gasteiger partial charge in [0.05, 0.1) is 44.7 Å². The van der Waals surface area contributed by atoms with E-state index in [-0.39, 0.29) is 27.9 Å². The highest BCUT2D eigenvalue weighted by Gasteiger charge is 2.48. The highest BCUT2D eigenvalue weighted by atomic mass is 32.1. The lowest BCUT2D eigenvalue weighted by molar-refractivity contribution is -0.132. The molecule has 1 N–H and O–H groups in total. The first kappa shape index (κ1) is 29.6. The molecule has 1 aliphatic rings. The molecule has 0 radical (unpaired) electrons. The number of aliphatic hydroxyl groups is 1. The zero-order valence-corrected chi connectivity index (χ0v) is 24.4. The molecule has 0 spiro atoms. The molecular weight excluding hydrogens is 548 g/mol. The number of nitrogens with zero attached hydrogens (tertiary/aromatic N) is 2. The molecule has 0 saturated carbocycles. The zero-order valence-electron chi connectivity index (χ0n) is 23.6. The summed E-state index contributed by atoms with van der Waals surface area (Å²) in [5, 5.41) is 11.6. The van der Waals surface area contributed by atoms with E-state index in [1.54, 1.807) is 56.3 Å². The fourth-order valence-electron chi connectivity index (χ4n) is 4.46. The van der Waals surface area contributed by atoms with E-state index in [1.807, 2.05) is 0 Å². The topological polar surface area (TPSA) is 124 Å². The molecule has 4 rings (SSSR count). The molecule has 0 bridgehead atoms. The highest BCUT2D eigenvalue weighted by molar-refractivity contribution is 7.17. The third kappa shape index (κ3) is 5.90. The van der Waals surface area contributed by atoms with Gasteiger partial charge in [-0.15, -0.1) is 0 Å². The van der Waals surface area contributed by atoms with Gasteiger partial charge in [-0.25, -0.2) is 9.78 Å². The maximum absolute atomic E-state index is 13.6. The van der Waals surface area contributed by atoms with Crippen molar-refractivity contribution in [2.24, 2.45) is 0 Å². The third-order valence-electron chi connectivity index (χ3n) is 6.49. The molecular formula is C30H32N2O8S. The first-order chi connectivity index (χ1) is 19.7. The van der Waals surface area contributed by atoms with E-state index in [0.717, 1.165) is 24.2 Å². The lowest BCUT2D eigenvalue weighted by atomic mass is 9.95. The third-order valence-corrected chi connectivity index (χ3v) is 7.63. The monoisotopic (exact) mass is 580 g/mol. The molecule has 1 saturated heterocycles. The molecule has 10 nitrogen and oxygen atoms in total. The summed E-state index contributed by atoms with van der Waals surface area (Å²) < 4.78 is 21.8. The number of carbonyl (C=O) groups excluding carboxylic acids is 3. The summed E-state index contributed by atoms with van der Waals surface area (Å²) in [5.41, 5.74) is 0.987. The molecule has 11 heteroatoms. The van der Waals surface area contributed by atoms with Gasteiger partial charge in [0.2, 0.25) is 0 Å². The second-order valence-electron chi connectivity index (χ2n) is 9.14. The lowest BCUT2D eigenvalue weighted by Gasteiger charge is -2.24. The number of anilines is 1. The normalized spacial score (nSPS) is 16.1. The number of amides is 1. The SMILES string of the molecule is CCCCOc1cccc(/C(O)=C2\C(=O)C(=O)N(c3nc(C)c(C(=O)OCC)s3)C2c2ccc(OC)c(OC)c2)c1. The lowest BCUT2D eigenvalue weighted by Crippen LogP contribution is -2.29. The van der Waals surface area contributed by atoms with E-state index in [4.69, 9.17) is 18.9 Å². The number of ketones is 1. The van der Waals surface area contributed by atoms with Gasteiger partial charge in [0, 0.05) is 5.56 Å². The Kier molecular flexibility index (Phi) is 9.28. The van der Waals surface area contributed by atoms with Gasteiger partial charge >= 0.3 is 11.9 Å². The Morgan fingerprint density at radius 2 is 1.83 bits per heavy atom. The van der Waals surface area contributed by atoms with Gasteiger partial charge in [0.15, 0.2) is 16.6 Å². The first-order valence-electron chi connectivity index (χ1n) is 13.2. The number of Topliss-reactive ketones (excluding diaryl/α,β-unsaturated/α-hetero) is 1. The van der Waals surface area contributed by atoms with Gasteiger partial charge in [-0.2, -0.15) is 0 Å². The molecule has 0 aliphatic carbocycles. The van der Waals surface area contributed by atoms with Crippen molar-refractivity contribution in [3.63, 3.8) is 0 Å². The molecule has 41 heavy (non-hydrogen) atoms. The summed E-state index contributed by atoms with van der Waals surface area (Å²) >= 11 is 0.937. The van der Waals surface area contributed by atoms with Gasteiger partial charge in [0.25, 0.3) is 5.78 Å². The summed E-state index contributed by atoms with van der Waals surface area (Å²) in [4.78, 5) is 45.5. The van der Waals surface area contributed by atoms with E-state index < -0.39 is 23.7 Å². The van der Waals surface area contributed by atoms with E-state index >= 15 is 0 Å². The van der Waals surface area contributed by atoms with Crippen LogP contribution in [0.15, 0.2) is 48.0 Å². The standard InChI is InChI=1S/C30H32N2O8S/c1-6-8-14-40-20-11-9-10-19(15-20)25(33)23-24(18-12-13-21(37-4)22(16-18)38-5)32(28(35)26(23)34)30-31-17(3)27(41-30)29(36)39-7-2/h9-13,15-16,24,33H,6-8,14H2,1-5H3/b25-23+. The molecule has 1 unspecified atom stereocenters. The number of carbonyl (C=O) groups is 3. The number of benzene rings is 2. The number of aryl methyl sites for hydroxylation is 1. The maximum Gasteiger partial charge on any atom is 0.350 e. The number of aliphatic hydroxyl groups excluding tert-OH is 1.